The Bertz CT molecular complexity index is 506. The van der Waals surface area contributed by atoms with Crippen LogP contribution in [-0.4, -0.2) is 65.5 Å². The fraction of sp³-hybridized carbons (Fsp3) is 0.750. The van der Waals surface area contributed by atoms with Gasteiger partial charge in [-0.15, -0.1) is 0 Å². The van der Waals surface area contributed by atoms with Crippen LogP contribution in [-0.2, 0) is 19.2 Å². The number of carboxylic acid groups (broad SMARTS) is 1. The zero-order valence-electron chi connectivity index (χ0n) is 15.6. The van der Waals surface area contributed by atoms with Crippen LogP contribution in [0, 0.1) is 0 Å². The number of hydrogen-bond donors (Lipinski definition) is 6. The maximum Gasteiger partial charge on any atom is 0.326 e. The number of carboxylic acids is 1. The second kappa shape index (κ2) is 14.2. The van der Waals surface area contributed by atoms with Crippen LogP contribution < -0.4 is 27.8 Å². The van der Waals surface area contributed by atoms with Crippen LogP contribution in [0.1, 0.15) is 38.5 Å². The van der Waals surface area contributed by atoms with Crippen molar-refractivity contribution in [1.29, 1.82) is 0 Å². The SMILES string of the molecule is CSCC[C@H](NC(=O)[C@H](CCCCN)NC(=O)[C@@H](N)CCC(N)=O)C(=O)O. The Morgan fingerprint density at radius 2 is 1.63 bits per heavy atom. The molecular formula is C16H31N5O5S. The summed E-state index contributed by atoms with van der Waals surface area (Å²) >= 11 is 1.47. The van der Waals surface area contributed by atoms with Crippen molar-refractivity contribution in [2.75, 3.05) is 18.6 Å². The molecule has 11 heteroatoms. The summed E-state index contributed by atoms with van der Waals surface area (Å²) in [6.07, 6.45) is 3.65. The molecule has 3 amide bonds. The number of carbonyl (C=O) groups is 4. The summed E-state index contributed by atoms with van der Waals surface area (Å²) in [5, 5.41) is 14.2. The van der Waals surface area contributed by atoms with E-state index in [9.17, 15) is 24.3 Å². The van der Waals surface area contributed by atoms with E-state index in [1.165, 1.54) is 11.8 Å². The first-order valence-corrected chi connectivity index (χ1v) is 10.2. The molecule has 0 aliphatic heterocycles. The summed E-state index contributed by atoms with van der Waals surface area (Å²) in [6, 6.07) is -2.96. The third kappa shape index (κ3) is 11.5. The van der Waals surface area contributed by atoms with Crippen molar-refractivity contribution in [3.05, 3.63) is 0 Å². The summed E-state index contributed by atoms with van der Waals surface area (Å²) in [5.41, 5.74) is 16.2. The first-order chi connectivity index (χ1) is 12.7. The molecule has 0 fully saturated rings. The number of unbranched alkanes of at least 4 members (excludes halogenated alkanes) is 1. The van der Waals surface area contributed by atoms with Gasteiger partial charge >= 0.3 is 5.97 Å². The Labute approximate surface area is 163 Å². The first kappa shape index (κ1) is 25.1. The minimum atomic E-state index is -1.14. The number of carbonyl (C=O) groups excluding carboxylic acids is 3. The summed E-state index contributed by atoms with van der Waals surface area (Å²) in [6.45, 7) is 0.436. The van der Waals surface area contributed by atoms with Crippen LogP contribution in [0.15, 0.2) is 0 Å². The van der Waals surface area contributed by atoms with Gasteiger partial charge in [-0.1, -0.05) is 0 Å². The summed E-state index contributed by atoms with van der Waals surface area (Å²) in [4.78, 5) is 46.8. The average Bonchev–Trinajstić information content (AvgIpc) is 2.61. The Kier molecular flexibility index (Phi) is 13.3. The predicted octanol–water partition coefficient (Wildman–Crippen LogP) is -1.48. The van der Waals surface area contributed by atoms with Gasteiger partial charge in [0.15, 0.2) is 0 Å². The Morgan fingerprint density at radius 1 is 1.00 bits per heavy atom. The number of rotatable bonds is 15. The van der Waals surface area contributed by atoms with Crippen molar-refractivity contribution in [1.82, 2.24) is 10.6 Å². The van der Waals surface area contributed by atoms with Crippen LogP contribution in [0.4, 0.5) is 0 Å². The van der Waals surface area contributed by atoms with Gasteiger partial charge in [0.2, 0.25) is 17.7 Å². The number of aliphatic carboxylic acids is 1. The smallest absolute Gasteiger partial charge is 0.326 e. The Hall–Kier alpha value is -1.85. The van der Waals surface area contributed by atoms with Gasteiger partial charge in [-0.25, -0.2) is 4.79 Å². The van der Waals surface area contributed by atoms with E-state index in [1.54, 1.807) is 0 Å². The third-order valence-electron chi connectivity index (χ3n) is 3.84. The number of thioether (sulfide) groups is 1. The molecule has 10 nitrogen and oxygen atoms in total. The molecule has 0 bridgehead atoms. The molecule has 156 valence electrons. The zero-order valence-corrected chi connectivity index (χ0v) is 16.4. The van der Waals surface area contributed by atoms with E-state index < -0.39 is 41.8 Å². The molecule has 0 aliphatic rings. The molecule has 3 atom stereocenters. The minimum Gasteiger partial charge on any atom is -0.480 e. The molecule has 27 heavy (non-hydrogen) atoms. The van der Waals surface area contributed by atoms with E-state index in [4.69, 9.17) is 17.2 Å². The van der Waals surface area contributed by atoms with Gasteiger partial charge in [0, 0.05) is 6.42 Å². The molecule has 0 rings (SSSR count). The van der Waals surface area contributed by atoms with Crippen molar-refractivity contribution >= 4 is 35.5 Å². The van der Waals surface area contributed by atoms with Gasteiger partial charge in [-0.3, -0.25) is 14.4 Å². The van der Waals surface area contributed by atoms with E-state index >= 15 is 0 Å². The lowest BCUT2D eigenvalue weighted by Crippen LogP contribution is -2.54. The standard InChI is InChI=1S/C16H31N5O5S/c1-27-9-7-12(16(25)26)21-15(24)11(4-2-3-8-17)20-14(23)10(18)5-6-13(19)22/h10-12H,2-9,17-18H2,1H3,(H2,19,22)(H,20,23)(H,21,24)(H,25,26)/t10-,11-,12-/m0/s1. The number of hydrogen-bond acceptors (Lipinski definition) is 7. The van der Waals surface area contributed by atoms with Gasteiger partial charge in [0.05, 0.1) is 6.04 Å². The van der Waals surface area contributed by atoms with Crippen molar-refractivity contribution in [3.8, 4) is 0 Å². The summed E-state index contributed by atoms with van der Waals surface area (Å²) < 4.78 is 0. The molecule has 0 aromatic heterocycles. The van der Waals surface area contributed by atoms with Crippen molar-refractivity contribution in [3.63, 3.8) is 0 Å². The maximum atomic E-state index is 12.5. The molecule has 0 saturated carbocycles. The second-order valence-corrected chi connectivity index (χ2v) is 7.12. The lowest BCUT2D eigenvalue weighted by Gasteiger charge is -2.23. The van der Waals surface area contributed by atoms with Crippen LogP contribution in [0.5, 0.6) is 0 Å². The topological polar surface area (TPSA) is 191 Å². The van der Waals surface area contributed by atoms with E-state index in [2.05, 4.69) is 10.6 Å². The third-order valence-corrected chi connectivity index (χ3v) is 4.49. The Balaban J connectivity index is 4.93. The Morgan fingerprint density at radius 3 is 2.15 bits per heavy atom. The van der Waals surface area contributed by atoms with E-state index in [-0.39, 0.29) is 19.3 Å². The highest BCUT2D eigenvalue weighted by Gasteiger charge is 2.27. The highest BCUT2D eigenvalue weighted by molar-refractivity contribution is 7.98. The van der Waals surface area contributed by atoms with Gasteiger partial charge in [0.1, 0.15) is 12.1 Å². The largest absolute Gasteiger partial charge is 0.480 e. The molecular weight excluding hydrogens is 374 g/mol. The minimum absolute atomic E-state index is 0.0472. The van der Waals surface area contributed by atoms with E-state index in [0.29, 0.717) is 31.6 Å². The van der Waals surface area contributed by atoms with Crippen molar-refractivity contribution in [2.45, 2.75) is 56.7 Å². The van der Waals surface area contributed by atoms with Crippen molar-refractivity contribution in [2.24, 2.45) is 17.2 Å². The molecule has 0 aromatic carbocycles. The highest BCUT2D eigenvalue weighted by Crippen LogP contribution is 2.06. The fourth-order valence-corrected chi connectivity index (χ4v) is 2.71. The maximum absolute atomic E-state index is 12.5. The molecule has 9 N–H and O–H groups in total. The monoisotopic (exact) mass is 405 g/mol. The number of nitrogens with two attached hydrogens (primary N) is 3. The molecule has 0 unspecified atom stereocenters. The molecule has 0 saturated heterocycles. The number of amides is 3. The second-order valence-electron chi connectivity index (χ2n) is 6.14. The fourth-order valence-electron chi connectivity index (χ4n) is 2.23. The zero-order chi connectivity index (χ0) is 20.8. The highest BCUT2D eigenvalue weighted by atomic mass is 32.2. The molecule has 0 aliphatic carbocycles. The molecule has 0 radical (unpaired) electrons. The van der Waals surface area contributed by atoms with Gasteiger partial charge in [0.25, 0.3) is 0 Å². The normalized spacial score (nSPS) is 14.0. The lowest BCUT2D eigenvalue weighted by molar-refractivity contribution is -0.142. The van der Waals surface area contributed by atoms with Crippen LogP contribution in [0.2, 0.25) is 0 Å². The van der Waals surface area contributed by atoms with E-state index in [1.807, 2.05) is 6.26 Å². The number of primary amides is 1. The molecule has 0 heterocycles. The summed E-state index contributed by atoms with van der Waals surface area (Å²) in [7, 11) is 0. The van der Waals surface area contributed by atoms with Crippen LogP contribution in [0.25, 0.3) is 0 Å². The average molecular weight is 406 g/mol. The van der Waals surface area contributed by atoms with E-state index in [0.717, 1.165) is 0 Å². The quantitative estimate of drug-likeness (QED) is 0.178. The predicted molar refractivity (Wildman–Crippen MR) is 104 cm³/mol. The van der Waals surface area contributed by atoms with Crippen LogP contribution >= 0.6 is 11.8 Å². The summed E-state index contributed by atoms with van der Waals surface area (Å²) in [5.74, 6) is -2.33. The number of nitrogens with one attached hydrogen (secondary N) is 2. The van der Waals surface area contributed by atoms with Gasteiger partial charge in [-0.2, -0.15) is 11.8 Å². The van der Waals surface area contributed by atoms with Gasteiger partial charge < -0.3 is 32.9 Å². The van der Waals surface area contributed by atoms with Crippen LogP contribution in [0.3, 0.4) is 0 Å². The molecule has 0 aromatic rings. The van der Waals surface area contributed by atoms with Crippen molar-refractivity contribution < 1.29 is 24.3 Å². The lowest BCUT2D eigenvalue weighted by atomic mass is 10.1. The van der Waals surface area contributed by atoms with Gasteiger partial charge in [-0.05, 0) is 50.7 Å². The first-order valence-electron chi connectivity index (χ1n) is 8.79. The molecule has 0 spiro atoms.